The molecule has 0 fully saturated rings. The van der Waals surface area contributed by atoms with Gasteiger partial charge < -0.3 is 10.4 Å². The van der Waals surface area contributed by atoms with Crippen LogP contribution in [0.4, 0.5) is 11.4 Å². The minimum Gasteiger partial charge on any atom is -0.508 e. The number of aromatic hydroxyl groups is 1. The molecular formula is C15H16N4O2. The average Bonchev–Trinajstić information content (AvgIpc) is 2.55. The number of phenols is 1. The number of carbonyl (C=O) groups is 1. The predicted octanol–water partition coefficient (Wildman–Crippen LogP) is 2.70. The molecule has 6 nitrogen and oxygen atoms in total. The quantitative estimate of drug-likeness (QED) is 0.665. The smallest absolute Gasteiger partial charge is 0.170 e. The molecule has 21 heavy (non-hydrogen) atoms. The van der Waals surface area contributed by atoms with Crippen molar-refractivity contribution >= 4 is 30.5 Å². The lowest BCUT2D eigenvalue weighted by Gasteiger charge is -2.08. The molecule has 6 heteroatoms. The third-order valence-corrected chi connectivity index (χ3v) is 2.48. The first-order valence-corrected chi connectivity index (χ1v) is 6.01. The average molecular weight is 284 g/mol. The Kier molecular flexibility index (Phi) is 6.27. The standard InChI is InChI=1S/C10H12N2O.C5H4N2O/c1-4-7-5-8(13)6-9(11-2)10(7)12-3;8-4-5-3-6-1-2-7-5/h4-6,11,13H,1,3H2,2H3;1-4H. The Balaban J connectivity index is 0.000000235. The van der Waals surface area contributed by atoms with Gasteiger partial charge >= 0.3 is 0 Å². The second-order valence-electron chi connectivity index (χ2n) is 3.79. The predicted molar refractivity (Wildman–Crippen MR) is 84.4 cm³/mol. The fraction of sp³-hybridized carbons (Fsp3) is 0.0667. The van der Waals surface area contributed by atoms with E-state index in [0.717, 1.165) is 11.3 Å². The van der Waals surface area contributed by atoms with Gasteiger partial charge in [-0.05, 0) is 12.8 Å². The van der Waals surface area contributed by atoms with Crippen LogP contribution in [-0.4, -0.2) is 35.1 Å². The molecular weight excluding hydrogens is 268 g/mol. The lowest BCUT2D eigenvalue weighted by atomic mass is 10.1. The number of nitrogens with one attached hydrogen (secondary N) is 1. The molecule has 108 valence electrons. The molecule has 0 unspecified atom stereocenters. The Morgan fingerprint density at radius 2 is 2.14 bits per heavy atom. The fourth-order valence-corrected chi connectivity index (χ4v) is 1.54. The summed E-state index contributed by atoms with van der Waals surface area (Å²) in [6.45, 7) is 7.09. The molecule has 0 saturated carbocycles. The molecule has 1 heterocycles. The number of nitrogens with zero attached hydrogens (tertiary/aromatic N) is 3. The Bertz CT molecular complexity index is 627. The van der Waals surface area contributed by atoms with Crippen molar-refractivity contribution in [3.8, 4) is 5.75 Å². The molecule has 0 aliphatic rings. The van der Waals surface area contributed by atoms with Crippen molar-refractivity contribution in [2.24, 2.45) is 4.99 Å². The third kappa shape index (κ3) is 4.54. The second-order valence-corrected chi connectivity index (χ2v) is 3.79. The van der Waals surface area contributed by atoms with Gasteiger partial charge in [0.15, 0.2) is 6.29 Å². The number of anilines is 1. The topological polar surface area (TPSA) is 87.5 Å². The molecule has 0 bridgehead atoms. The highest BCUT2D eigenvalue weighted by molar-refractivity contribution is 5.79. The van der Waals surface area contributed by atoms with E-state index in [0.29, 0.717) is 17.7 Å². The van der Waals surface area contributed by atoms with Crippen molar-refractivity contribution in [2.75, 3.05) is 12.4 Å². The summed E-state index contributed by atoms with van der Waals surface area (Å²) < 4.78 is 0. The SMILES string of the molecule is C=Cc1cc(O)cc(NC)c1N=C.O=Cc1cnccn1. The summed E-state index contributed by atoms with van der Waals surface area (Å²) in [5, 5.41) is 12.2. The van der Waals surface area contributed by atoms with E-state index in [9.17, 15) is 9.90 Å². The Morgan fingerprint density at radius 3 is 2.57 bits per heavy atom. The van der Waals surface area contributed by atoms with Crippen LogP contribution in [0.1, 0.15) is 16.1 Å². The Hall–Kier alpha value is -3.02. The third-order valence-electron chi connectivity index (χ3n) is 2.48. The van der Waals surface area contributed by atoms with E-state index in [4.69, 9.17) is 0 Å². The van der Waals surface area contributed by atoms with Gasteiger partial charge in [0.05, 0.1) is 17.6 Å². The summed E-state index contributed by atoms with van der Waals surface area (Å²) >= 11 is 0. The van der Waals surface area contributed by atoms with Gasteiger partial charge in [0, 0.05) is 31.1 Å². The van der Waals surface area contributed by atoms with E-state index in [-0.39, 0.29) is 5.75 Å². The largest absolute Gasteiger partial charge is 0.508 e. The fourth-order valence-electron chi connectivity index (χ4n) is 1.54. The summed E-state index contributed by atoms with van der Waals surface area (Å²) in [5.74, 6) is 0.187. The minimum absolute atomic E-state index is 0.187. The summed E-state index contributed by atoms with van der Waals surface area (Å²) in [4.78, 5) is 21.1. The van der Waals surface area contributed by atoms with Crippen molar-refractivity contribution in [2.45, 2.75) is 0 Å². The van der Waals surface area contributed by atoms with Crippen LogP contribution < -0.4 is 5.32 Å². The van der Waals surface area contributed by atoms with Crippen LogP contribution in [0.3, 0.4) is 0 Å². The van der Waals surface area contributed by atoms with Gasteiger partial charge in [0.2, 0.25) is 0 Å². The Morgan fingerprint density at radius 1 is 1.38 bits per heavy atom. The number of hydrogen-bond acceptors (Lipinski definition) is 6. The van der Waals surface area contributed by atoms with Crippen molar-refractivity contribution in [3.05, 3.63) is 48.6 Å². The number of aldehydes is 1. The van der Waals surface area contributed by atoms with E-state index < -0.39 is 0 Å². The molecule has 0 atom stereocenters. The van der Waals surface area contributed by atoms with Gasteiger partial charge in [0.25, 0.3) is 0 Å². The zero-order chi connectivity index (χ0) is 15.7. The highest BCUT2D eigenvalue weighted by atomic mass is 16.3. The van der Waals surface area contributed by atoms with Crippen LogP contribution in [0.25, 0.3) is 6.08 Å². The summed E-state index contributed by atoms with van der Waals surface area (Å²) in [5.41, 5.74) is 2.58. The first kappa shape index (κ1) is 16.0. The van der Waals surface area contributed by atoms with Crippen molar-refractivity contribution < 1.29 is 9.90 Å². The number of aliphatic imine (C=N–C) groups is 1. The molecule has 0 radical (unpaired) electrons. The van der Waals surface area contributed by atoms with Crippen LogP contribution >= 0.6 is 0 Å². The van der Waals surface area contributed by atoms with Crippen LogP contribution in [0.5, 0.6) is 5.75 Å². The van der Waals surface area contributed by atoms with Gasteiger partial charge in [-0.3, -0.25) is 19.8 Å². The highest BCUT2D eigenvalue weighted by Crippen LogP contribution is 2.33. The molecule has 2 rings (SSSR count). The second kappa shape index (κ2) is 8.21. The van der Waals surface area contributed by atoms with Gasteiger partial charge in [0.1, 0.15) is 11.4 Å². The number of benzene rings is 1. The summed E-state index contributed by atoms with van der Waals surface area (Å²) in [6.07, 6.45) is 6.70. The molecule has 0 aliphatic carbocycles. The van der Waals surface area contributed by atoms with Crippen LogP contribution in [-0.2, 0) is 0 Å². The van der Waals surface area contributed by atoms with Gasteiger partial charge in [-0.2, -0.15) is 0 Å². The zero-order valence-corrected chi connectivity index (χ0v) is 11.7. The molecule has 2 N–H and O–H groups in total. The van der Waals surface area contributed by atoms with E-state index in [1.54, 1.807) is 25.3 Å². The maximum absolute atomic E-state index is 9.90. The molecule has 2 aromatic rings. The summed E-state index contributed by atoms with van der Waals surface area (Å²) in [7, 11) is 1.76. The zero-order valence-electron chi connectivity index (χ0n) is 11.7. The van der Waals surface area contributed by atoms with Gasteiger partial charge in [-0.25, -0.2) is 0 Å². The lowest BCUT2D eigenvalue weighted by molar-refractivity contribution is 0.111. The maximum Gasteiger partial charge on any atom is 0.170 e. The molecule has 0 aliphatic heterocycles. The molecule has 0 amide bonds. The maximum atomic E-state index is 9.90. The molecule has 1 aromatic carbocycles. The van der Waals surface area contributed by atoms with Crippen molar-refractivity contribution in [3.63, 3.8) is 0 Å². The van der Waals surface area contributed by atoms with E-state index in [1.807, 2.05) is 0 Å². The first-order chi connectivity index (χ1) is 10.2. The lowest BCUT2D eigenvalue weighted by Crippen LogP contribution is -1.89. The number of aromatic nitrogens is 2. The normalized spacial score (nSPS) is 9.00. The van der Waals surface area contributed by atoms with E-state index >= 15 is 0 Å². The van der Waals surface area contributed by atoms with Crippen molar-refractivity contribution in [1.82, 2.24) is 9.97 Å². The Labute approximate surface area is 122 Å². The minimum atomic E-state index is 0.187. The van der Waals surface area contributed by atoms with E-state index in [1.165, 1.54) is 18.6 Å². The molecule has 1 aromatic heterocycles. The summed E-state index contributed by atoms with van der Waals surface area (Å²) in [6, 6.07) is 3.19. The number of carbonyl (C=O) groups excluding carboxylic acids is 1. The van der Waals surface area contributed by atoms with Gasteiger partial charge in [-0.15, -0.1) is 0 Å². The van der Waals surface area contributed by atoms with Crippen LogP contribution in [0.15, 0.2) is 42.3 Å². The van der Waals surface area contributed by atoms with E-state index in [2.05, 4.69) is 33.6 Å². The number of rotatable bonds is 4. The molecule has 0 saturated heterocycles. The van der Waals surface area contributed by atoms with Crippen LogP contribution in [0.2, 0.25) is 0 Å². The highest BCUT2D eigenvalue weighted by Gasteiger charge is 2.05. The number of phenolic OH excluding ortho intramolecular Hbond substituents is 1. The van der Waals surface area contributed by atoms with Crippen molar-refractivity contribution in [1.29, 1.82) is 0 Å². The molecule has 0 spiro atoms. The first-order valence-electron chi connectivity index (χ1n) is 6.01. The number of hydrogen-bond donors (Lipinski definition) is 2. The monoisotopic (exact) mass is 284 g/mol. The van der Waals surface area contributed by atoms with Gasteiger partial charge in [-0.1, -0.05) is 12.7 Å². The van der Waals surface area contributed by atoms with Crippen LogP contribution in [0, 0.1) is 0 Å².